The molecule has 0 bridgehead atoms. The molecule has 0 aliphatic carbocycles. The standard InChI is InChI=1S/C13H17NO4S/c1-18-9-2-4-10(5-3-9)19-8-13(17)14-6-11(15)12(16)7-14/h2-5,11-12,15-16H,6-8H2,1H3. The summed E-state index contributed by atoms with van der Waals surface area (Å²) in [7, 11) is 1.61. The Morgan fingerprint density at radius 1 is 1.32 bits per heavy atom. The van der Waals surface area contributed by atoms with Crippen LogP contribution in [0.3, 0.4) is 0 Å². The number of carbonyl (C=O) groups excluding carboxylic acids is 1. The van der Waals surface area contributed by atoms with Gasteiger partial charge in [-0.25, -0.2) is 0 Å². The fraction of sp³-hybridized carbons (Fsp3) is 0.462. The first-order valence-corrected chi connectivity index (χ1v) is 6.99. The van der Waals surface area contributed by atoms with Crippen molar-refractivity contribution in [2.45, 2.75) is 17.1 Å². The molecule has 104 valence electrons. The van der Waals surface area contributed by atoms with E-state index in [1.807, 2.05) is 24.3 Å². The Kier molecular flexibility index (Phi) is 4.68. The maximum absolute atomic E-state index is 11.9. The molecule has 5 nitrogen and oxygen atoms in total. The summed E-state index contributed by atoms with van der Waals surface area (Å²) in [4.78, 5) is 14.4. The number of thioether (sulfide) groups is 1. The highest BCUT2D eigenvalue weighted by molar-refractivity contribution is 8.00. The fourth-order valence-corrected chi connectivity index (χ4v) is 2.68. The predicted molar refractivity (Wildman–Crippen MR) is 72.3 cm³/mol. The van der Waals surface area contributed by atoms with E-state index in [1.165, 1.54) is 16.7 Å². The van der Waals surface area contributed by atoms with E-state index in [0.717, 1.165) is 10.6 Å². The smallest absolute Gasteiger partial charge is 0.233 e. The van der Waals surface area contributed by atoms with Crippen LogP contribution in [0, 0.1) is 0 Å². The van der Waals surface area contributed by atoms with E-state index in [4.69, 9.17) is 4.74 Å². The van der Waals surface area contributed by atoms with Crippen molar-refractivity contribution in [1.29, 1.82) is 0 Å². The van der Waals surface area contributed by atoms with Crippen LogP contribution in [0.2, 0.25) is 0 Å². The second-order valence-corrected chi connectivity index (χ2v) is 5.45. The molecule has 1 saturated heterocycles. The Morgan fingerprint density at radius 3 is 2.42 bits per heavy atom. The van der Waals surface area contributed by atoms with Crippen LogP contribution < -0.4 is 4.74 Å². The number of β-amino-alcohol motifs (C(OH)–C–C–N with tert-alkyl or cyclic N) is 2. The van der Waals surface area contributed by atoms with Crippen LogP contribution in [0.5, 0.6) is 5.75 Å². The number of hydrogen-bond acceptors (Lipinski definition) is 5. The van der Waals surface area contributed by atoms with E-state index < -0.39 is 12.2 Å². The van der Waals surface area contributed by atoms with Gasteiger partial charge in [0.25, 0.3) is 0 Å². The monoisotopic (exact) mass is 283 g/mol. The van der Waals surface area contributed by atoms with Gasteiger partial charge in [-0.05, 0) is 24.3 Å². The summed E-state index contributed by atoms with van der Waals surface area (Å²) in [6.45, 7) is 0.423. The number of likely N-dealkylation sites (tertiary alicyclic amines) is 1. The molecule has 19 heavy (non-hydrogen) atoms. The van der Waals surface area contributed by atoms with Crippen molar-refractivity contribution in [2.75, 3.05) is 26.0 Å². The highest BCUT2D eigenvalue weighted by Crippen LogP contribution is 2.22. The van der Waals surface area contributed by atoms with Crippen LogP contribution in [0.15, 0.2) is 29.2 Å². The molecule has 0 saturated carbocycles. The Hall–Kier alpha value is -1.24. The first kappa shape index (κ1) is 14.2. The van der Waals surface area contributed by atoms with Crippen molar-refractivity contribution in [2.24, 2.45) is 0 Å². The zero-order valence-corrected chi connectivity index (χ0v) is 11.5. The molecule has 1 aromatic rings. The van der Waals surface area contributed by atoms with Crippen molar-refractivity contribution in [3.63, 3.8) is 0 Å². The molecule has 1 fully saturated rings. The van der Waals surface area contributed by atoms with Gasteiger partial charge in [0.2, 0.25) is 5.91 Å². The number of benzene rings is 1. The zero-order valence-electron chi connectivity index (χ0n) is 10.7. The SMILES string of the molecule is COc1ccc(SCC(=O)N2CC(O)C(O)C2)cc1. The lowest BCUT2D eigenvalue weighted by molar-refractivity contribution is -0.127. The summed E-state index contributed by atoms with van der Waals surface area (Å²) in [5, 5.41) is 18.8. The average Bonchev–Trinajstić information content (AvgIpc) is 2.77. The van der Waals surface area contributed by atoms with Crippen molar-refractivity contribution >= 4 is 17.7 Å². The summed E-state index contributed by atoms with van der Waals surface area (Å²) >= 11 is 1.43. The van der Waals surface area contributed by atoms with Crippen LogP contribution >= 0.6 is 11.8 Å². The topological polar surface area (TPSA) is 70.0 Å². The summed E-state index contributed by atoms with van der Waals surface area (Å²) in [5.74, 6) is 1.00. The Labute approximate surface area is 116 Å². The maximum Gasteiger partial charge on any atom is 0.233 e. The first-order valence-electron chi connectivity index (χ1n) is 6.01. The maximum atomic E-state index is 11.9. The number of ether oxygens (including phenoxy) is 1. The molecule has 1 aromatic carbocycles. The Bertz CT molecular complexity index is 427. The molecule has 1 aliphatic rings. The Morgan fingerprint density at radius 2 is 1.89 bits per heavy atom. The summed E-state index contributed by atoms with van der Waals surface area (Å²) in [6, 6.07) is 7.47. The minimum absolute atomic E-state index is 0.0728. The minimum Gasteiger partial charge on any atom is -0.497 e. The van der Waals surface area contributed by atoms with Crippen LogP contribution in [-0.4, -0.2) is 59.2 Å². The van der Waals surface area contributed by atoms with E-state index in [1.54, 1.807) is 7.11 Å². The lowest BCUT2D eigenvalue weighted by Crippen LogP contribution is -2.31. The number of aliphatic hydroxyl groups excluding tert-OH is 2. The van der Waals surface area contributed by atoms with E-state index >= 15 is 0 Å². The molecule has 1 amide bonds. The van der Waals surface area contributed by atoms with Crippen molar-refractivity contribution in [3.05, 3.63) is 24.3 Å². The summed E-state index contributed by atoms with van der Waals surface area (Å²) < 4.78 is 5.06. The molecular formula is C13H17NO4S. The molecule has 0 radical (unpaired) electrons. The van der Waals surface area contributed by atoms with Gasteiger partial charge in [0.15, 0.2) is 0 Å². The van der Waals surface area contributed by atoms with Gasteiger partial charge in [-0.2, -0.15) is 0 Å². The van der Waals surface area contributed by atoms with Crippen LogP contribution in [0.25, 0.3) is 0 Å². The highest BCUT2D eigenvalue weighted by atomic mass is 32.2. The largest absolute Gasteiger partial charge is 0.497 e. The van der Waals surface area contributed by atoms with Crippen LogP contribution in [-0.2, 0) is 4.79 Å². The number of hydrogen-bond donors (Lipinski definition) is 2. The van der Waals surface area contributed by atoms with Crippen LogP contribution in [0.4, 0.5) is 0 Å². The van der Waals surface area contributed by atoms with Crippen molar-refractivity contribution < 1.29 is 19.7 Å². The summed E-state index contributed by atoms with van der Waals surface area (Å²) in [6.07, 6.45) is -1.65. The van der Waals surface area contributed by atoms with Crippen molar-refractivity contribution in [3.8, 4) is 5.75 Å². The van der Waals surface area contributed by atoms with Gasteiger partial charge in [0.1, 0.15) is 5.75 Å². The molecule has 0 spiro atoms. The Balaban J connectivity index is 1.83. The molecule has 2 unspecified atom stereocenters. The molecular weight excluding hydrogens is 266 g/mol. The number of methoxy groups -OCH3 is 1. The minimum atomic E-state index is -0.824. The van der Waals surface area contributed by atoms with Crippen LogP contribution in [0.1, 0.15) is 0 Å². The van der Waals surface area contributed by atoms with Gasteiger partial charge < -0.3 is 19.8 Å². The second kappa shape index (κ2) is 6.27. The lowest BCUT2D eigenvalue weighted by Gasteiger charge is -2.14. The number of aliphatic hydroxyl groups is 2. The molecule has 6 heteroatoms. The van der Waals surface area contributed by atoms with Crippen molar-refractivity contribution in [1.82, 2.24) is 4.90 Å². The van der Waals surface area contributed by atoms with Gasteiger partial charge in [-0.1, -0.05) is 0 Å². The second-order valence-electron chi connectivity index (χ2n) is 4.40. The molecule has 1 heterocycles. The van der Waals surface area contributed by atoms with Gasteiger partial charge in [-0.15, -0.1) is 11.8 Å². The van der Waals surface area contributed by atoms with Gasteiger partial charge in [0.05, 0.1) is 25.1 Å². The summed E-state index contributed by atoms with van der Waals surface area (Å²) in [5.41, 5.74) is 0. The third-order valence-corrected chi connectivity index (χ3v) is 4.03. The predicted octanol–water partition coefficient (Wildman–Crippen LogP) is 0.351. The van der Waals surface area contributed by atoms with Gasteiger partial charge >= 0.3 is 0 Å². The van der Waals surface area contributed by atoms with Gasteiger partial charge in [-0.3, -0.25) is 4.79 Å². The molecule has 2 N–H and O–H groups in total. The van der Waals surface area contributed by atoms with E-state index in [0.29, 0.717) is 5.75 Å². The zero-order chi connectivity index (χ0) is 13.8. The van der Waals surface area contributed by atoms with E-state index in [-0.39, 0.29) is 19.0 Å². The quantitative estimate of drug-likeness (QED) is 0.780. The fourth-order valence-electron chi connectivity index (χ4n) is 1.88. The average molecular weight is 283 g/mol. The van der Waals surface area contributed by atoms with Gasteiger partial charge in [0, 0.05) is 18.0 Å². The number of nitrogens with zero attached hydrogens (tertiary/aromatic N) is 1. The highest BCUT2D eigenvalue weighted by Gasteiger charge is 2.32. The molecule has 2 atom stereocenters. The molecule has 2 rings (SSSR count). The number of carbonyl (C=O) groups is 1. The third kappa shape index (κ3) is 3.62. The molecule has 1 aliphatic heterocycles. The van der Waals surface area contributed by atoms with E-state index in [2.05, 4.69) is 0 Å². The first-order chi connectivity index (χ1) is 9.10. The normalized spacial score (nSPS) is 22.6. The number of amides is 1. The molecule has 0 aromatic heterocycles. The number of rotatable bonds is 4. The third-order valence-electron chi connectivity index (χ3n) is 3.03. The lowest BCUT2D eigenvalue weighted by atomic mass is 10.3. The van der Waals surface area contributed by atoms with E-state index in [9.17, 15) is 15.0 Å².